The van der Waals surface area contributed by atoms with E-state index < -0.39 is 0 Å². The van der Waals surface area contributed by atoms with E-state index in [0.717, 1.165) is 31.7 Å². The normalized spacial score (nSPS) is 12.2. The number of nitrogens with one attached hydrogen (secondary N) is 1. The highest BCUT2D eigenvalue weighted by atomic mass is 16.5. The third-order valence-electron chi connectivity index (χ3n) is 4.40. The first-order chi connectivity index (χ1) is 12.3. The minimum Gasteiger partial charge on any atom is -0.494 e. The molecule has 3 nitrogen and oxygen atoms in total. The van der Waals surface area contributed by atoms with Crippen molar-refractivity contribution in [3.63, 3.8) is 0 Å². The lowest BCUT2D eigenvalue weighted by Gasteiger charge is -2.14. The summed E-state index contributed by atoms with van der Waals surface area (Å²) in [7, 11) is 0. The van der Waals surface area contributed by atoms with E-state index in [4.69, 9.17) is 4.74 Å². The molecule has 0 bridgehead atoms. The molecule has 0 amide bonds. The standard InChI is InChI=1S/C22H26N2O/c1-18(7-5-6-14-25-22-8-3-2-4-9-22)24-16-19-10-11-21-17-23-13-12-20(21)15-19/h2-4,8-13,15,17-18,24H,5-7,14,16H2,1H3/t18-/m1/s1. The first-order valence-corrected chi connectivity index (χ1v) is 9.05. The first kappa shape index (κ1) is 17.4. The topological polar surface area (TPSA) is 34.1 Å². The number of rotatable bonds is 9. The maximum atomic E-state index is 5.73. The molecule has 0 radical (unpaired) electrons. The summed E-state index contributed by atoms with van der Waals surface area (Å²) in [4.78, 5) is 4.16. The van der Waals surface area contributed by atoms with Gasteiger partial charge in [-0.2, -0.15) is 0 Å². The number of pyridine rings is 1. The van der Waals surface area contributed by atoms with Crippen LogP contribution >= 0.6 is 0 Å². The summed E-state index contributed by atoms with van der Waals surface area (Å²) in [6.07, 6.45) is 7.18. The highest BCUT2D eigenvalue weighted by molar-refractivity contribution is 5.81. The Kier molecular flexibility index (Phi) is 6.41. The molecule has 3 aromatic rings. The summed E-state index contributed by atoms with van der Waals surface area (Å²) in [6, 6.07) is 19.2. The van der Waals surface area contributed by atoms with E-state index in [0.29, 0.717) is 6.04 Å². The second-order valence-electron chi connectivity index (χ2n) is 6.50. The van der Waals surface area contributed by atoms with E-state index >= 15 is 0 Å². The van der Waals surface area contributed by atoms with Gasteiger partial charge in [0.25, 0.3) is 0 Å². The molecule has 1 atom stereocenters. The van der Waals surface area contributed by atoms with E-state index in [1.807, 2.05) is 42.7 Å². The minimum absolute atomic E-state index is 0.505. The summed E-state index contributed by atoms with van der Waals surface area (Å²) in [5, 5.41) is 6.06. The molecule has 0 unspecified atom stereocenters. The Labute approximate surface area is 150 Å². The fourth-order valence-corrected chi connectivity index (χ4v) is 2.90. The maximum Gasteiger partial charge on any atom is 0.119 e. The number of hydrogen-bond acceptors (Lipinski definition) is 3. The molecule has 3 rings (SSSR count). The Morgan fingerprint density at radius 1 is 1.00 bits per heavy atom. The molecular formula is C22H26N2O. The number of ether oxygens (including phenoxy) is 1. The first-order valence-electron chi connectivity index (χ1n) is 9.05. The molecule has 0 aliphatic carbocycles. The third-order valence-corrected chi connectivity index (χ3v) is 4.40. The van der Waals surface area contributed by atoms with Crippen molar-refractivity contribution >= 4 is 10.8 Å². The SMILES string of the molecule is C[C@H](CCCCOc1ccccc1)NCc1ccc2cnccc2c1. The quantitative estimate of drug-likeness (QED) is 0.561. The summed E-state index contributed by atoms with van der Waals surface area (Å²) in [5.41, 5.74) is 1.32. The smallest absolute Gasteiger partial charge is 0.119 e. The van der Waals surface area contributed by atoms with Gasteiger partial charge in [-0.15, -0.1) is 0 Å². The monoisotopic (exact) mass is 334 g/mol. The second-order valence-corrected chi connectivity index (χ2v) is 6.50. The molecular weight excluding hydrogens is 308 g/mol. The van der Waals surface area contributed by atoms with Gasteiger partial charge >= 0.3 is 0 Å². The molecule has 25 heavy (non-hydrogen) atoms. The lowest BCUT2D eigenvalue weighted by atomic mass is 10.1. The van der Waals surface area contributed by atoms with Crippen molar-refractivity contribution in [3.8, 4) is 5.75 Å². The lowest BCUT2D eigenvalue weighted by Crippen LogP contribution is -2.25. The van der Waals surface area contributed by atoms with E-state index in [9.17, 15) is 0 Å². The number of aromatic nitrogens is 1. The van der Waals surface area contributed by atoms with Crippen LogP contribution in [0.2, 0.25) is 0 Å². The summed E-state index contributed by atoms with van der Waals surface area (Å²) in [5.74, 6) is 0.958. The van der Waals surface area contributed by atoms with Crippen molar-refractivity contribution < 1.29 is 4.74 Å². The van der Waals surface area contributed by atoms with Gasteiger partial charge in [0.05, 0.1) is 6.61 Å². The average Bonchev–Trinajstić information content (AvgIpc) is 2.67. The van der Waals surface area contributed by atoms with Gasteiger partial charge in [0, 0.05) is 30.4 Å². The van der Waals surface area contributed by atoms with Gasteiger partial charge in [-0.3, -0.25) is 4.98 Å². The number of unbranched alkanes of at least 4 members (excludes halogenated alkanes) is 1. The summed E-state index contributed by atoms with van der Waals surface area (Å²) in [6.45, 7) is 3.94. The molecule has 0 aliphatic heterocycles. The highest BCUT2D eigenvalue weighted by Gasteiger charge is 2.03. The minimum atomic E-state index is 0.505. The number of para-hydroxylation sites is 1. The van der Waals surface area contributed by atoms with Crippen LogP contribution in [-0.2, 0) is 6.54 Å². The van der Waals surface area contributed by atoms with Crippen LogP contribution in [0.25, 0.3) is 10.8 Å². The largest absolute Gasteiger partial charge is 0.494 e. The fraction of sp³-hybridized carbons (Fsp3) is 0.318. The zero-order valence-electron chi connectivity index (χ0n) is 14.8. The highest BCUT2D eigenvalue weighted by Crippen LogP contribution is 2.15. The van der Waals surface area contributed by atoms with E-state index in [2.05, 4.69) is 41.5 Å². The Balaban J connectivity index is 1.34. The molecule has 0 spiro atoms. The summed E-state index contributed by atoms with van der Waals surface area (Å²) >= 11 is 0. The third kappa shape index (κ3) is 5.57. The zero-order chi connectivity index (χ0) is 17.3. The molecule has 0 fully saturated rings. The second kappa shape index (κ2) is 9.19. The van der Waals surface area contributed by atoms with Gasteiger partial charge in [-0.25, -0.2) is 0 Å². The Morgan fingerprint density at radius 2 is 1.88 bits per heavy atom. The van der Waals surface area contributed by atoms with Crippen molar-refractivity contribution in [1.29, 1.82) is 0 Å². The van der Waals surface area contributed by atoms with Crippen LogP contribution in [0.15, 0.2) is 67.0 Å². The lowest BCUT2D eigenvalue weighted by molar-refractivity contribution is 0.301. The molecule has 1 heterocycles. The van der Waals surface area contributed by atoms with Crippen molar-refractivity contribution in [2.45, 2.75) is 38.8 Å². The van der Waals surface area contributed by atoms with Gasteiger partial charge in [0.1, 0.15) is 5.75 Å². The predicted molar refractivity (Wildman–Crippen MR) is 104 cm³/mol. The Morgan fingerprint density at radius 3 is 2.76 bits per heavy atom. The van der Waals surface area contributed by atoms with Gasteiger partial charge in [-0.1, -0.05) is 30.3 Å². The van der Waals surface area contributed by atoms with Gasteiger partial charge in [0.2, 0.25) is 0 Å². The average molecular weight is 334 g/mol. The van der Waals surface area contributed by atoms with Crippen LogP contribution in [0, 0.1) is 0 Å². The molecule has 0 saturated heterocycles. The van der Waals surface area contributed by atoms with Gasteiger partial charge in [-0.05, 0) is 61.4 Å². The molecule has 2 aromatic carbocycles. The van der Waals surface area contributed by atoms with Crippen molar-refractivity contribution in [2.24, 2.45) is 0 Å². The zero-order valence-corrected chi connectivity index (χ0v) is 14.8. The van der Waals surface area contributed by atoms with Crippen LogP contribution in [0.3, 0.4) is 0 Å². The molecule has 0 aliphatic rings. The van der Waals surface area contributed by atoms with Crippen LogP contribution in [0.1, 0.15) is 31.7 Å². The summed E-state index contributed by atoms with van der Waals surface area (Å²) < 4.78 is 5.73. The Hall–Kier alpha value is -2.39. The number of nitrogens with zero attached hydrogens (tertiary/aromatic N) is 1. The number of hydrogen-bond donors (Lipinski definition) is 1. The van der Waals surface area contributed by atoms with Crippen molar-refractivity contribution in [1.82, 2.24) is 10.3 Å². The van der Waals surface area contributed by atoms with Crippen molar-refractivity contribution in [2.75, 3.05) is 6.61 Å². The van der Waals surface area contributed by atoms with Crippen LogP contribution in [0.5, 0.6) is 5.75 Å². The Bertz CT molecular complexity index is 773. The molecule has 3 heteroatoms. The fourth-order valence-electron chi connectivity index (χ4n) is 2.90. The van der Waals surface area contributed by atoms with Crippen molar-refractivity contribution in [3.05, 3.63) is 72.6 Å². The van der Waals surface area contributed by atoms with Crippen LogP contribution in [-0.4, -0.2) is 17.6 Å². The molecule has 1 N–H and O–H groups in total. The van der Waals surface area contributed by atoms with E-state index in [1.54, 1.807) is 0 Å². The van der Waals surface area contributed by atoms with E-state index in [1.165, 1.54) is 22.8 Å². The van der Waals surface area contributed by atoms with Crippen LogP contribution in [0.4, 0.5) is 0 Å². The van der Waals surface area contributed by atoms with Crippen LogP contribution < -0.4 is 10.1 Å². The van der Waals surface area contributed by atoms with E-state index in [-0.39, 0.29) is 0 Å². The number of fused-ring (bicyclic) bond motifs is 1. The number of benzene rings is 2. The molecule has 1 aromatic heterocycles. The maximum absolute atomic E-state index is 5.73. The molecule has 130 valence electrons. The van der Waals surface area contributed by atoms with Gasteiger partial charge < -0.3 is 10.1 Å². The predicted octanol–water partition coefficient (Wildman–Crippen LogP) is 4.96. The molecule has 0 saturated carbocycles. The van der Waals surface area contributed by atoms with Gasteiger partial charge in [0.15, 0.2) is 0 Å².